The van der Waals surface area contributed by atoms with Crippen LogP contribution >= 0.6 is 0 Å². The lowest BCUT2D eigenvalue weighted by molar-refractivity contribution is -0.138. The lowest BCUT2D eigenvalue weighted by Gasteiger charge is -2.30. The van der Waals surface area contributed by atoms with Crippen LogP contribution < -0.4 is 5.32 Å². The summed E-state index contributed by atoms with van der Waals surface area (Å²) in [7, 11) is 0. The van der Waals surface area contributed by atoms with Gasteiger partial charge in [0.05, 0.1) is 6.04 Å². The van der Waals surface area contributed by atoms with Crippen molar-refractivity contribution in [3.8, 4) is 0 Å². The Bertz CT molecular complexity index is 193. The van der Waals surface area contributed by atoms with Gasteiger partial charge in [0.15, 0.2) is 0 Å². The number of hydrogen-bond donors (Lipinski definition) is 1. The average molecular weight is 185 g/mol. The van der Waals surface area contributed by atoms with Crippen LogP contribution in [0.4, 0.5) is 0 Å². The maximum atomic E-state index is 10.8. The van der Waals surface area contributed by atoms with Crippen molar-refractivity contribution in [2.75, 3.05) is 0 Å². The zero-order valence-corrected chi connectivity index (χ0v) is 7.79. The van der Waals surface area contributed by atoms with Crippen LogP contribution in [-0.2, 0) is 14.3 Å². The van der Waals surface area contributed by atoms with Crippen LogP contribution in [0.3, 0.4) is 0 Å². The lowest BCUT2D eigenvalue weighted by atomic mass is 9.92. The van der Waals surface area contributed by atoms with E-state index in [9.17, 15) is 9.59 Å². The standard InChI is InChI=1S/C9H15NO3/c1-7(12)10-8-4-2-3-5-9(8)13-6-11/h6,8-9H,2-5H2,1H3,(H,10,12). The van der Waals surface area contributed by atoms with Crippen molar-refractivity contribution in [2.24, 2.45) is 0 Å². The van der Waals surface area contributed by atoms with E-state index in [1.165, 1.54) is 6.92 Å². The Labute approximate surface area is 77.6 Å². The maximum Gasteiger partial charge on any atom is 0.293 e. The predicted octanol–water partition coefficient (Wildman–Crippen LogP) is 0.607. The minimum Gasteiger partial charge on any atom is -0.462 e. The van der Waals surface area contributed by atoms with Gasteiger partial charge in [-0.2, -0.15) is 0 Å². The zero-order valence-electron chi connectivity index (χ0n) is 7.79. The monoisotopic (exact) mass is 185 g/mol. The molecule has 0 saturated heterocycles. The highest BCUT2D eigenvalue weighted by Gasteiger charge is 2.26. The van der Waals surface area contributed by atoms with Gasteiger partial charge in [-0.15, -0.1) is 0 Å². The normalized spacial score (nSPS) is 27.8. The molecule has 0 aromatic rings. The number of carbonyl (C=O) groups excluding carboxylic acids is 2. The first-order valence-electron chi connectivity index (χ1n) is 4.60. The van der Waals surface area contributed by atoms with E-state index in [0.29, 0.717) is 6.47 Å². The van der Waals surface area contributed by atoms with E-state index in [1.807, 2.05) is 0 Å². The first-order valence-corrected chi connectivity index (χ1v) is 4.60. The largest absolute Gasteiger partial charge is 0.462 e. The van der Waals surface area contributed by atoms with Crippen molar-refractivity contribution < 1.29 is 14.3 Å². The van der Waals surface area contributed by atoms with Crippen molar-refractivity contribution in [1.82, 2.24) is 5.32 Å². The summed E-state index contributed by atoms with van der Waals surface area (Å²) in [6, 6.07) is 0.0106. The van der Waals surface area contributed by atoms with Gasteiger partial charge in [0.1, 0.15) is 6.10 Å². The number of nitrogens with one attached hydrogen (secondary N) is 1. The lowest BCUT2D eigenvalue weighted by Crippen LogP contribution is -2.45. The van der Waals surface area contributed by atoms with Crippen LogP contribution in [0, 0.1) is 0 Å². The molecule has 4 heteroatoms. The van der Waals surface area contributed by atoms with E-state index in [0.717, 1.165) is 25.7 Å². The van der Waals surface area contributed by atoms with E-state index in [2.05, 4.69) is 5.32 Å². The molecule has 2 atom stereocenters. The van der Waals surface area contributed by atoms with E-state index >= 15 is 0 Å². The molecule has 74 valence electrons. The Morgan fingerprint density at radius 3 is 2.77 bits per heavy atom. The van der Waals surface area contributed by atoms with Crippen molar-refractivity contribution in [3.05, 3.63) is 0 Å². The number of rotatable bonds is 3. The molecule has 1 fully saturated rings. The molecule has 0 radical (unpaired) electrons. The molecular formula is C9H15NO3. The summed E-state index contributed by atoms with van der Waals surface area (Å²) >= 11 is 0. The Morgan fingerprint density at radius 1 is 1.46 bits per heavy atom. The average Bonchev–Trinajstić information content (AvgIpc) is 2.08. The Kier molecular flexibility index (Phi) is 3.73. The first kappa shape index (κ1) is 10.0. The molecular weight excluding hydrogens is 170 g/mol. The molecule has 0 aromatic heterocycles. The smallest absolute Gasteiger partial charge is 0.293 e. The Morgan fingerprint density at radius 2 is 2.15 bits per heavy atom. The molecule has 1 aliphatic rings. The summed E-state index contributed by atoms with van der Waals surface area (Å²) in [6.45, 7) is 1.94. The first-order chi connectivity index (χ1) is 6.24. The summed E-state index contributed by atoms with van der Waals surface area (Å²) in [6.07, 6.45) is 3.77. The second-order valence-electron chi connectivity index (χ2n) is 3.36. The number of amides is 1. The summed E-state index contributed by atoms with van der Waals surface area (Å²) < 4.78 is 4.90. The third-order valence-electron chi connectivity index (χ3n) is 2.32. The van der Waals surface area contributed by atoms with E-state index in [4.69, 9.17) is 4.74 Å². The second kappa shape index (κ2) is 4.84. The van der Waals surface area contributed by atoms with Crippen molar-refractivity contribution in [1.29, 1.82) is 0 Å². The van der Waals surface area contributed by atoms with Gasteiger partial charge < -0.3 is 10.1 Å². The van der Waals surface area contributed by atoms with Gasteiger partial charge in [0.25, 0.3) is 6.47 Å². The summed E-state index contributed by atoms with van der Waals surface area (Å²) in [5.74, 6) is -0.0635. The number of ether oxygens (including phenoxy) is 1. The van der Waals surface area contributed by atoms with E-state index in [-0.39, 0.29) is 18.1 Å². The van der Waals surface area contributed by atoms with Crippen molar-refractivity contribution >= 4 is 12.4 Å². The van der Waals surface area contributed by atoms with Crippen LogP contribution in [-0.4, -0.2) is 24.5 Å². The van der Waals surface area contributed by atoms with Crippen LogP contribution in [0.15, 0.2) is 0 Å². The Balaban J connectivity index is 2.45. The molecule has 1 rings (SSSR count). The quantitative estimate of drug-likeness (QED) is 0.655. The highest BCUT2D eigenvalue weighted by atomic mass is 16.5. The maximum absolute atomic E-state index is 10.8. The Hall–Kier alpha value is -1.06. The number of hydrogen-bond acceptors (Lipinski definition) is 3. The van der Waals surface area contributed by atoms with Crippen LogP contribution in [0.1, 0.15) is 32.6 Å². The van der Waals surface area contributed by atoms with Gasteiger partial charge in [-0.1, -0.05) is 6.42 Å². The fourth-order valence-electron chi connectivity index (χ4n) is 1.76. The summed E-state index contributed by atoms with van der Waals surface area (Å²) in [4.78, 5) is 21.0. The molecule has 0 heterocycles. The van der Waals surface area contributed by atoms with Gasteiger partial charge in [0.2, 0.25) is 5.91 Å². The molecule has 1 amide bonds. The van der Waals surface area contributed by atoms with E-state index < -0.39 is 0 Å². The van der Waals surface area contributed by atoms with Gasteiger partial charge in [0, 0.05) is 6.92 Å². The van der Waals surface area contributed by atoms with Crippen molar-refractivity contribution in [3.63, 3.8) is 0 Å². The molecule has 0 aromatic carbocycles. The number of carbonyl (C=O) groups is 2. The molecule has 0 spiro atoms. The highest BCUT2D eigenvalue weighted by molar-refractivity contribution is 5.73. The molecule has 1 aliphatic carbocycles. The third kappa shape index (κ3) is 3.05. The van der Waals surface area contributed by atoms with Gasteiger partial charge in [-0.05, 0) is 19.3 Å². The van der Waals surface area contributed by atoms with Crippen LogP contribution in [0.5, 0.6) is 0 Å². The molecule has 1 N–H and O–H groups in total. The van der Waals surface area contributed by atoms with E-state index in [1.54, 1.807) is 0 Å². The fourth-order valence-corrected chi connectivity index (χ4v) is 1.76. The molecule has 0 aliphatic heterocycles. The predicted molar refractivity (Wildman–Crippen MR) is 47.0 cm³/mol. The zero-order chi connectivity index (χ0) is 9.68. The molecule has 0 bridgehead atoms. The summed E-state index contributed by atoms with van der Waals surface area (Å²) in [5.41, 5.74) is 0. The van der Waals surface area contributed by atoms with Crippen molar-refractivity contribution in [2.45, 2.75) is 44.8 Å². The molecule has 1 saturated carbocycles. The van der Waals surface area contributed by atoms with Gasteiger partial charge >= 0.3 is 0 Å². The van der Waals surface area contributed by atoms with Gasteiger partial charge in [-0.25, -0.2) is 0 Å². The minimum atomic E-state index is -0.129. The van der Waals surface area contributed by atoms with Crippen LogP contribution in [0.2, 0.25) is 0 Å². The molecule has 2 unspecified atom stereocenters. The third-order valence-corrected chi connectivity index (χ3v) is 2.32. The minimum absolute atomic E-state index is 0.0106. The van der Waals surface area contributed by atoms with Crippen LogP contribution in [0.25, 0.3) is 0 Å². The highest BCUT2D eigenvalue weighted by Crippen LogP contribution is 2.20. The molecule has 4 nitrogen and oxygen atoms in total. The summed E-state index contributed by atoms with van der Waals surface area (Å²) in [5, 5.41) is 2.79. The fraction of sp³-hybridized carbons (Fsp3) is 0.778. The topological polar surface area (TPSA) is 55.4 Å². The second-order valence-corrected chi connectivity index (χ2v) is 3.36. The molecule has 13 heavy (non-hydrogen) atoms. The SMILES string of the molecule is CC(=O)NC1CCCCC1OC=O. The van der Waals surface area contributed by atoms with Gasteiger partial charge in [-0.3, -0.25) is 9.59 Å².